The predicted octanol–water partition coefficient (Wildman–Crippen LogP) is 2.39. The van der Waals surface area contributed by atoms with Gasteiger partial charge in [-0.25, -0.2) is 4.79 Å². The second-order valence-electron chi connectivity index (χ2n) is 11.9. The van der Waals surface area contributed by atoms with Crippen LogP contribution in [-0.2, 0) is 19.0 Å². The molecule has 0 unspecified atom stereocenters. The van der Waals surface area contributed by atoms with Crippen molar-refractivity contribution in [2.75, 3.05) is 27.4 Å². The van der Waals surface area contributed by atoms with E-state index in [9.17, 15) is 20.1 Å². The number of carbonyl (C=O) groups is 1. The van der Waals surface area contributed by atoms with Crippen LogP contribution in [0.2, 0.25) is 0 Å². The maximum atomic E-state index is 12.4. The number of hydrogen-bond donors (Lipinski definition) is 3. The fourth-order valence-electron chi connectivity index (χ4n) is 8.91. The van der Waals surface area contributed by atoms with Gasteiger partial charge in [0.15, 0.2) is 6.29 Å². The SMILES string of the molecule is COC(CN=C[C@]12CC[C@H](O)C[C@@]1(O)CC[C@@H]1[C@@H]2CC[C@]2(C)[C@@H](C3=CC(=O)OC3)CC[C@@]12O)OC. The molecule has 0 radical (unpaired) electrons. The van der Waals surface area contributed by atoms with E-state index in [0.717, 1.165) is 31.3 Å². The molecule has 4 saturated carbocycles. The van der Waals surface area contributed by atoms with Crippen molar-refractivity contribution in [2.24, 2.45) is 33.6 Å². The van der Waals surface area contributed by atoms with Gasteiger partial charge in [0, 0.05) is 43.8 Å². The second kappa shape index (κ2) is 8.91. The highest BCUT2D eigenvalue weighted by Gasteiger charge is 2.71. The van der Waals surface area contributed by atoms with Crippen LogP contribution in [0.1, 0.15) is 64.7 Å². The normalized spacial score (nSPS) is 47.4. The van der Waals surface area contributed by atoms with Crippen LogP contribution in [0.5, 0.6) is 0 Å². The Morgan fingerprint density at radius 3 is 2.54 bits per heavy atom. The van der Waals surface area contributed by atoms with Crippen molar-refractivity contribution in [1.82, 2.24) is 0 Å². The van der Waals surface area contributed by atoms with Crippen LogP contribution in [0.25, 0.3) is 0 Å². The minimum absolute atomic E-state index is 0.0208. The smallest absolute Gasteiger partial charge is 0.331 e. The average Bonchev–Trinajstić information content (AvgIpc) is 3.36. The highest BCUT2D eigenvalue weighted by molar-refractivity contribution is 5.85. The summed E-state index contributed by atoms with van der Waals surface area (Å²) < 4.78 is 15.8. The van der Waals surface area contributed by atoms with Crippen LogP contribution in [0.4, 0.5) is 0 Å². The fourth-order valence-corrected chi connectivity index (χ4v) is 8.91. The van der Waals surface area contributed by atoms with Gasteiger partial charge in [-0.1, -0.05) is 6.92 Å². The Kier molecular flexibility index (Phi) is 6.45. The van der Waals surface area contributed by atoms with Gasteiger partial charge in [0.2, 0.25) is 0 Å². The minimum atomic E-state index is -1.05. The molecule has 1 heterocycles. The van der Waals surface area contributed by atoms with E-state index in [-0.39, 0.29) is 29.1 Å². The summed E-state index contributed by atoms with van der Waals surface area (Å²) >= 11 is 0. The molecule has 196 valence electrons. The molecule has 5 rings (SSSR count). The maximum Gasteiger partial charge on any atom is 0.331 e. The fraction of sp³-hybridized carbons (Fsp3) is 0.852. The summed E-state index contributed by atoms with van der Waals surface area (Å²) in [6, 6.07) is 0. The zero-order chi connectivity index (χ0) is 25.1. The van der Waals surface area contributed by atoms with E-state index in [0.29, 0.717) is 45.3 Å². The van der Waals surface area contributed by atoms with Gasteiger partial charge in [0.1, 0.15) is 6.61 Å². The zero-order valence-electron chi connectivity index (χ0n) is 21.2. The number of rotatable bonds is 6. The number of aliphatic hydroxyl groups is 3. The number of aliphatic imine (C=N–C) groups is 1. The number of carbonyl (C=O) groups excluding carboxylic acids is 1. The van der Waals surface area contributed by atoms with Crippen LogP contribution in [0.15, 0.2) is 16.6 Å². The first-order valence-electron chi connectivity index (χ1n) is 13.2. The van der Waals surface area contributed by atoms with Crippen LogP contribution < -0.4 is 0 Å². The van der Waals surface area contributed by atoms with Gasteiger partial charge in [-0.15, -0.1) is 0 Å². The summed E-state index contributed by atoms with van der Waals surface area (Å²) in [5, 5.41) is 34.9. The molecule has 0 saturated heterocycles. The van der Waals surface area contributed by atoms with Crippen molar-refractivity contribution in [1.29, 1.82) is 0 Å². The Morgan fingerprint density at radius 2 is 1.86 bits per heavy atom. The number of nitrogens with zero attached hydrogens (tertiary/aromatic N) is 1. The van der Waals surface area contributed by atoms with Gasteiger partial charge in [0.05, 0.1) is 23.9 Å². The van der Waals surface area contributed by atoms with Gasteiger partial charge >= 0.3 is 5.97 Å². The lowest BCUT2D eigenvalue weighted by molar-refractivity contribution is -0.237. The van der Waals surface area contributed by atoms with Gasteiger partial charge in [-0.2, -0.15) is 0 Å². The van der Waals surface area contributed by atoms with Gasteiger partial charge in [0.25, 0.3) is 0 Å². The van der Waals surface area contributed by atoms with E-state index in [2.05, 4.69) is 6.92 Å². The third-order valence-corrected chi connectivity index (χ3v) is 10.7. The quantitative estimate of drug-likeness (QED) is 0.297. The van der Waals surface area contributed by atoms with Crippen molar-refractivity contribution in [2.45, 2.75) is 88.3 Å². The van der Waals surface area contributed by atoms with Crippen molar-refractivity contribution < 1.29 is 34.3 Å². The first-order chi connectivity index (χ1) is 16.6. The van der Waals surface area contributed by atoms with Crippen molar-refractivity contribution in [3.63, 3.8) is 0 Å². The number of hydrogen-bond acceptors (Lipinski definition) is 8. The van der Waals surface area contributed by atoms with Crippen molar-refractivity contribution in [3.8, 4) is 0 Å². The molecular formula is C27H41NO7. The number of ether oxygens (including phenoxy) is 3. The molecular weight excluding hydrogens is 450 g/mol. The Labute approximate surface area is 207 Å². The molecule has 0 amide bonds. The maximum absolute atomic E-state index is 12.4. The average molecular weight is 492 g/mol. The molecule has 0 aromatic heterocycles. The molecule has 1 aliphatic heterocycles. The lowest BCUT2D eigenvalue weighted by atomic mass is 9.41. The molecule has 35 heavy (non-hydrogen) atoms. The third-order valence-electron chi connectivity index (χ3n) is 10.7. The van der Waals surface area contributed by atoms with E-state index < -0.39 is 29.0 Å². The summed E-state index contributed by atoms with van der Waals surface area (Å²) in [4.78, 5) is 16.5. The first kappa shape index (κ1) is 25.3. The molecule has 0 aromatic carbocycles. The molecule has 4 fully saturated rings. The van der Waals surface area contributed by atoms with Crippen LogP contribution in [0.3, 0.4) is 0 Å². The van der Waals surface area contributed by atoms with E-state index in [1.807, 2.05) is 6.21 Å². The number of aliphatic hydroxyl groups excluding tert-OH is 1. The Bertz CT molecular complexity index is 902. The zero-order valence-corrected chi connectivity index (χ0v) is 21.2. The van der Waals surface area contributed by atoms with Crippen LogP contribution in [0, 0.1) is 28.6 Å². The molecule has 8 atom stereocenters. The minimum Gasteiger partial charge on any atom is -0.458 e. The van der Waals surface area contributed by atoms with Crippen molar-refractivity contribution in [3.05, 3.63) is 11.6 Å². The molecule has 8 heteroatoms. The number of cyclic esters (lactones) is 1. The summed E-state index contributed by atoms with van der Waals surface area (Å²) in [6.07, 6.45) is 8.63. The summed E-state index contributed by atoms with van der Waals surface area (Å²) in [7, 11) is 3.16. The number of methoxy groups -OCH3 is 2. The van der Waals surface area contributed by atoms with E-state index in [4.69, 9.17) is 19.2 Å². The Morgan fingerprint density at radius 1 is 1.11 bits per heavy atom. The van der Waals surface area contributed by atoms with Crippen molar-refractivity contribution >= 4 is 12.2 Å². The summed E-state index contributed by atoms with van der Waals surface area (Å²) in [5.74, 6) is -0.0692. The molecule has 3 N–H and O–H groups in total. The summed E-state index contributed by atoms with van der Waals surface area (Å²) in [6.45, 7) is 2.85. The topological polar surface area (TPSA) is 118 Å². The molecule has 0 bridgehead atoms. The Hall–Kier alpha value is -1.32. The highest BCUT2D eigenvalue weighted by Crippen LogP contribution is 2.70. The number of esters is 1. The largest absolute Gasteiger partial charge is 0.458 e. The standard InChI is InChI=1S/C27H41NO7/c1-24-8-5-20-21(27(24,32)11-7-19(24)17-12-22(30)35-15-17)6-10-26(31)13-18(29)4-9-25(20,26)16-28-14-23(33-2)34-3/h12,16,18-21,23,29,31-32H,4-11,13-15H2,1-3H3/t18-,19+,20-,21+,24+,25-,26-,27+/m0/s1. The van der Waals surface area contributed by atoms with Crippen LogP contribution >= 0.6 is 0 Å². The molecule has 4 aliphatic carbocycles. The summed E-state index contributed by atoms with van der Waals surface area (Å²) in [5.41, 5.74) is -1.87. The monoisotopic (exact) mass is 491 g/mol. The van der Waals surface area contributed by atoms with E-state index in [1.165, 1.54) is 0 Å². The van der Waals surface area contributed by atoms with Gasteiger partial charge in [-0.3, -0.25) is 4.99 Å². The van der Waals surface area contributed by atoms with E-state index in [1.54, 1.807) is 20.3 Å². The lowest BCUT2D eigenvalue weighted by Crippen LogP contribution is -2.68. The van der Waals surface area contributed by atoms with E-state index >= 15 is 0 Å². The first-order valence-corrected chi connectivity index (χ1v) is 13.2. The molecule has 5 aliphatic rings. The Balaban J connectivity index is 1.49. The van der Waals surface area contributed by atoms with Gasteiger partial charge < -0.3 is 29.5 Å². The molecule has 0 spiro atoms. The second-order valence-corrected chi connectivity index (χ2v) is 11.9. The molecule has 0 aromatic rings. The lowest BCUT2D eigenvalue weighted by Gasteiger charge is -2.65. The predicted molar refractivity (Wildman–Crippen MR) is 129 cm³/mol. The molecule has 8 nitrogen and oxygen atoms in total. The highest BCUT2D eigenvalue weighted by atomic mass is 16.7. The number of fused-ring (bicyclic) bond motifs is 5. The van der Waals surface area contributed by atoms with Crippen LogP contribution in [-0.4, -0.2) is 78.5 Å². The third kappa shape index (κ3) is 3.66. The van der Waals surface area contributed by atoms with Gasteiger partial charge in [-0.05, 0) is 74.7 Å².